The summed E-state index contributed by atoms with van der Waals surface area (Å²) in [6.07, 6.45) is 26.1. The van der Waals surface area contributed by atoms with Crippen LogP contribution in [0.1, 0.15) is 187 Å². The van der Waals surface area contributed by atoms with Crippen molar-refractivity contribution in [2.45, 2.75) is 224 Å². The predicted molar refractivity (Wildman–Crippen MR) is 196 cm³/mol. The molecule has 1 rings (SSSR count). The number of hydrogen-bond donors (Lipinski definition) is 4. The van der Waals surface area contributed by atoms with Crippen LogP contribution >= 0.6 is 0 Å². The second-order valence-electron chi connectivity index (χ2n) is 14.5. The second kappa shape index (κ2) is 33.1. The van der Waals surface area contributed by atoms with Crippen LogP contribution in [0.15, 0.2) is 0 Å². The van der Waals surface area contributed by atoms with Crippen molar-refractivity contribution in [1.29, 1.82) is 0 Å². The van der Waals surface area contributed by atoms with E-state index in [1.54, 1.807) is 0 Å². The molecule has 0 aromatic rings. The minimum absolute atomic E-state index is 0.108. The van der Waals surface area contributed by atoms with Crippen LogP contribution in [0.25, 0.3) is 0 Å². The normalized spacial score (nSPS) is 21.6. The van der Waals surface area contributed by atoms with Crippen LogP contribution < -0.4 is 0 Å². The van der Waals surface area contributed by atoms with Gasteiger partial charge in [-0.15, -0.1) is 0 Å². The number of unbranched alkanes of at least 4 members (excludes halogenated alkanes) is 24. The highest BCUT2D eigenvalue weighted by atomic mass is 16.7. The first kappa shape index (κ1) is 46.2. The molecule has 0 bridgehead atoms. The number of aliphatic hydroxyl groups is 4. The van der Waals surface area contributed by atoms with E-state index in [1.165, 1.54) is 122 Å². The molecule has 0 radical (unpaired) electrons. The molecule has 9 heteroatoms. The molecule has 0 saturated carbocycles. The Labute approximate surface area is 300 Å². The second-order valence-corrected chi connectivity index (χ2v) is 14.5. The number of esters is 1. The number of ether oxygens (including phenoxy) is 4. The van der Waals surface area contributed by atoms with Gasteiger partial charge in [0.1, 0.15) is 30.5 Å². The van der Waals surface area contributed by atoms with Gasteiger partial charge in [-0.1, -0.05) is 168 Å². The van der Waals surface area contributed by atoms with Crippen LogP contribution in [0.5, 0.6) is 0 Å². The molecule has 1 aliphatic heterocycles. The SMILES string of the molecule is CCCCCCCCCCCCCCCCCCCCCCCOCC(COC1OC(CO)C(O)C(O)C1O)OC(=O)CCCCCCC. The van der Waals surface area contributed by atoms with Gasteiger partial charge in [0.25, 0.3) is 0 Å². The number of hydrogen-bond acceptors (Lipinski definition) is 9. The third-order valence-electron chi connectivity index (χ3n) is 9.77. The van der Waals surface area contributed by atoms with Crippen LogP contribution in [-0.4, -0.2) is 89.6 Å². The highest BCUT2D eigenvalue weighted by Gasteiger charge is 2.44. The van der Waals surface area contributed by atoms with Gasteiger partial charge in [-0.2, -0.15) is 0 Å². The topological polar surface area (TPSA) is 135 Å². The lowest BCUT2D eigenvalue weighted by Crippen LogP contribution is -2.59. The molecular weight excluding hydrogens is 624 g/mol. The number of carbonyl (C=O) groups excluding carboxylic acids is 1. The molecule has 1 fully saturated rings. The average molecular weight is 703 g/mol. The lowest BCUT2D eigenvalue weighted by Gasteiger charge is -2.39. The summed E-state index contributed by atoms with van der Waals surface area (Å²) >= 11 is 0. The Morgan fingerprint density at radius 2 is 1.00 bits per heavy atom. The summed E-state index contributed by atoms with van der Waals surface area (Å²) in [6, 6.07) is 0. The van der Waals surface area contributed by atoms with E-state index in [-0.39, 0.29) is 19.2 Å². The minimum atomic E-state index is -1.53. The van der Waals surface area contributed by atoms with Gasteiger partial charge in [-0.25, -0.2) is 0 Å². The zero-order valence-corrected chi connectivity index (χ0v) is 31.7. The summed E-state index contributed by atoms with van der Waals surface area (Å²) in [5.74, 6) is -0.323. The van der Waals surface area contributed by atoms with Crippen LogP contribution in [0.3, 0.4) is 0 Å². The Kier molecular flexibility index (Phi) is 31.2. The molecule has 0 aliphatic carbocycles. The minimum Gasteiger partial charge on any atom is -0.457 e. The molecule has 1 saturated heterocycles. The molecule has 0 spiro atoms. The first-order valence-corrected chi connectivity index (χ1v) is 20.6. The fourth-order valence-electron chi connectivity index (χ4n) is 6.49. The largest absolute Gasteiger partial charge is 0.457 e. The monoisotopic (exact) mass is 703 g/mol. The van der Waals surface area contributed by atoms with E-state index < -0.39 is 43.4 Å². The number of carbonyl (C=O) groups is 1. The van der Waals surface area contributed by atoms with Gasteiger partial charge in [0.05, 0.1) is 19.8 Å². The third kappa shape index (κ3) is 24.9. The summed E-state index contributed by atoms with van der Waals surface area (Å²) < 4.78 is 22.6. The molecule has 292 valence electrons. The first-order chi connectivity index (χ1) is 23.9. The Balaban J connectivity index is 2.12. The maximum Gasteiger partial charge on any atom is 0.306 e. The fourth-order valence-corrected chi connectivity index (χ4v) is 6.49. The lowest BCUT2D eigenvalue weighted by molar-refractivity contribution is -0.305. The average Bonchev–Trinajstić information content (AvgIpc) is 3.10. The van der Waals surface area contributed by atoms with E-state index in [4.69, 9.17) is 18.9 Å². The van der Waals surface area contributed by atoms with E-state index in [1.807, 2.05) is 0 Å². The maximum absolute atomic E-state index is 12.5. The standard InChI is InChI=1S/C40H78O9/c1-3-5-7-9-10-11-12-13-14-15-16-17-18-19-20-21-22-23-24-26-28-30-46-32-34(48-36(42)29-27-25-8-6-4-2)33-47-40-39(45)38(44)37(43)35(31-41)49-40/h34-35,37-41,43-45H,3-33H2,1-2H3. The quantitative estimate of drug-likeness (QED) is 0.0380. The van der Waals surface area contributed by atoms with E-state index >= 15 is 0 Å². The van der Waals surface area contributed by atoms with Crippen LogP contribution in [0.4, 0.5) is 0 Å². The Bertz CT molecular complexity index is 722. The molecule has 6 unspecified atom stereocenters. The Hall–Kier alpha value is -0.810. The summed E-state index contributed by atoms with van der Waals surface area (Å²) in [7, 11) is 0. The third-order valence-corrected chi connectivity index (χ3v) is 9.77. The fraction of sp³-hybridized carbons (Fsp3) is 0.975. The first-order valence-electron chi connectivity index (χ1n) is 20.6. The van der Waals surface area contributed by atoms with E-state index in [0.717, 1.165) is 44.9 Å². The summed E-state index contributed by atoms with van der Waals surface area (Å²) in [6.45, 7) is 4.50. The van der Waals surface area contributed by atoms with Crippen LogP contribution in [-0.2, 0) is 23.7 Å². The van der Waals surface area contributed by atoms with Gasteiger partial charge < -0.3 is 39.4 Å². The van der Waals surface area contributed by atoms with Crippen molar-refractivity contribution in [1.82, 2.24) is 0 Å². The molecule has 0 amide bonds. The van der Waals surface area contributed by atoms with Crippen molar-refractivity contribution in [2.75, 3.05) is 26.4 Å². The molecule has 1 aliphatic rings. The molecule has 1 heterocycles. The van der Waals surface area contributed by atoms with E-state index in [9.17, 15) is 25.2 Å². The number of aliphatic hydroxyl groups excluding tert-OH is 4. The smallest absolute Gasteiger partial charge is 0.306 e. The van der Waals surface area contributed by atoms with E-state index in [0.29, 0.717) is 13.0 Å². The van der Waals surface area contributed by atoms with Gasteiger partial charge in [0, 0.05) is 13.0 Å². The summed E-state index contributed by atoms with van der Waals surface area (Å²) in [4.78, 5) is 12.5. The summed E-state index contributed by atoms with van der Waals surface area (Å²) in [5, 5.41) is 39.8. The van der Waals surface area contributed by atoms with Gasteiger partial charge in [0.2, 0.25) is 0 Å². The molecule has 9 nitrogen and oxygen atoms in total. The highest BCUT2D eigenvalue weighted by molar-refractivity contribution is 5.69. The molecule has 6 atom stereocenters. The molecule has 49 heavy (non-hydrogen) atoms. The van der Waals surface area contributed by atoms with Crippen LogP contribution in [0.2, 0.25) is 0 Å². The van der Waals surface area contributed by atoms with Crippen molar-refractivity contribution < 1.29 is 44.2 Å². The predicted octanol–water partition coefficient (Wildman–Crippen LogP) is 8.30. The van der Waals surface area contributed by atoms with Crippen LogP contribution in [0, 0.1) is 0 Å². The van der Waals surface area contributed by atoms with Gasteiger partial charge in [-0.05, 0) is 12.8 Å². The molecular formula is C40H78O9. The van der Waals surface area contributed by atoms with Gasteiger partial charge in [0.15, 0.2) is 6.29 Å². The maximum atomic E-state index is 12.5. The number of rotatable bonds is 35. The van der Waals surface area contributed by atoms with Crippen molar-refractivity contribution in [3.63, 3.8) is 0 Å². The molecule has 4 N–H and O–H groups in total. The van der Waals surface area contributed by atoms with Crippen molar-refractivity contribution in [3.8, 4) is 0 Å². The van der Waals surface area contributed by atoms with Gasteiger partial charge in [-0.3, -0.25) is 4.79 Å². The van der Waals surface area contributed by atoms with Crippen molar-refractivity contribution in [3.05, 3.63) is 0 Å². The highest BCUT2D eigenvalue weighted by Crippen LogP contribution is 2.22. The van der Waals surface area contributed by atoms with Crippen molar-refractivity contribution >= 4 is 5.97 Å². The van der Waals surface area contributed by atoms with Gasteiger partial charge >= 0.3 is 5.97 Å². The zero-order chi connectivity index (χ0) is 35.8. The zero-order valence-electron chi connectivity index (χ0n) is 31.7. The van der Waals surface area contributed by atoms with E-state index in [2.05, 4.69) is 13.8 Å². The Morgan fingerprint density at radius 3 is 1.45 bits per heavy atom. The lowest BCUT2D eigenvalue weighted by atomic mass is 9.99. The van der Waals surface area contributed by atoms with Crippen molar-refractivity contribution in [2.24, 2.45) is 0 Å². The Morgan fingerprint density at radius 1 is 0.571 bits per heavy atom. The molecule has 0 aromatic heterocycles. The summed E-state index contributed by atoms with van der Waals surface area (Å²) in [5.41, 5.74) is 0. The molecule has 0 aromatic carbocycles.